The summed E-state index contributed by atoms with van der Waals surface area (Å²) in [7, 11) is 2.35. The summed E-state index contributed by atoms with van der Waals surface area (Å²) in [6.45, 7) is 7.01. The van der Waals surface area contributed by atoms with Gasteiger partial charge in [-0.1, -0.05) is 75.2 Å². The first-order chi connectivity index (χ1) is 25.2. The van der Waals surface area contributed by atoms with Gasteiger partial charge in [-0.25, -0.2) is 14.7 Å². The largest absolute Gasteiger partial charge is 0.508 e. The topological polar surface area (TPSA) is 47.6 Å². The van der Waals surface area contributed by atoms with Crippen molar-refractivity contribution in [3.8, 4) is 11.0 Å². The summed E-state index contributed by atoms with van der Waals surface area (Å²) in [5.74, 6) is 3.57. The van der Waals surface area contributed by atoms with E-state index in [-0.39, 0.29) is 20.1 Å². The summed E-state index contributed by atoms with van der Waals surface area (Å²) in [6, 6.07) is 43.3. The van der Waals surface area contributed by atoms with Crippen molar-refractivity contribution in [2.45, 2.75) is 25.5 Å². The van der Waals surface area contributed by atoms with Gasteiger partial charge in [-0.3, -0.25) is 10.3 Å². The zero-order valence-electron chi connectivity index (χ0n) is 28.9. The maximum atomic E-state index is 4.74. The zero-order chi connectivity index (χ0) is 34.7. The van der Waals surface area contributed by atoms with Crippen molar-refractivity contribution >= 4 is 27.4 Å². The van der Waals surface area contributed by atoms with Gasteiger partial charge in [-0.2, -0.15) is 74.0 Å². The Balaban J connectivity index is 0.000000175. The van der Waals surface area contributed by atoms with Gasteiger partial charge in [0.2, 0.25) is 0 Å². The number of para-hydroxylation sites is 2. The van der Waals surface area contributed by atoms with Gasteiger partial charge in [0.15, 0.2) is 0 Å². The Labute approximate surface area is 324 Å². The van der Waals surface area contributed by atoms with Crippen LogP contribution in [-0.4, -0.2) is 37.3 Å². The molecule has 1 unspecified atom stereocenters. The molecule has 0 bridgehead atoms. The summed E-state index contributed by atoms with van der Waals surface area (Å²) >= 11 is 0. The SMILES string of the molecule is Cn1n[n+](Cc2ccccc2)[c-]c1-c1[c-]p(Cc2ccccc2)np1.[Ir].[c-]1ccccc1N1C=CN(CCCCN2C=CN(c3[c-]cccc3)[CH-]2)[CH-]1. The van der Waals surface area contributed by atoms with Crippen molar-refractivity contribution in [3.05, 3.63) is 183 Å². The molecule has 4 aromatic carbocycles. The molecule has 2 aliphatic heterocycles. The number of benzene rings is 4. The average molecular weight is 898 g/mol. The molecule has 2 aliphatic rings. The van der Waals surface area contributed by atoms with Crippen LogP contribution in [0, 0.1) is 37.5 Å². The Bertz CT molecular complexity index is 1940. The number of aryl methyl sites for hydroxylation is 1. The van der Waals surface area contributed by atoms with Crippen LogP contribution in [0.4, 0.5) is 11.4 Å². The van der Waals surface area contributed by atoms with E-state index in [9.17, 15) is 0 Å². The van der Waals surface area contributed by atoms with Crippen molar-refractivity contribution in [3.63, 3.8) is 0 Å². The summed E-state index contributed by atoms with van der Waals surface area (Å²) in [4.78, 5) is 8.67. The molecule has 0 spiro atoms. The number of hydrogen-bond donors (Lipinski definition) is 0. The Morgan fingerprint density at radius 3 is 1.83 bits per heavy atom. The van der Waals surface area contributed by atoms with Crippen molar-refractivity contribution < 1.29 is 24.8 Å². The second-order valence-corrected chi connectivity index (χ2v) is 14.8. The van der Waals surface area contributed by atoms with Crippen molar-refractivity contribution in [2.75, 3.05) is 22.9 Å². The molecule has 11 heteroatoms. The fourth-order valence-electron chi connectivity index (χ4n) is 5.67. The van der Waals surface area contributed by atoms with Crippen LogP contribution in [-0.2, 0) is 39.9 Å². The molecule has 0 saturated carbocycles. The maximum absolute atomic E-state index is 4.74. The first-order valence-corrected chi connectivity index (χ1v) is 19.3. The van der Waals surface area contributed by atoms with Crippen LogP contribution in [0.15, 0.2) is 134 Å². The molecule has 8 rings (SSSR count). The van der Waals surface area contributed by atoms with Crippen LogP contribution in [0.5, 0.6) is 0 Å². The van der Waals surface area contributed by atoms with E-state index in [0.29, 0.717) is 0 Å². The number of nitrogens with zero attached hydrogens (tertiary/aromatic N) is 8. The molecular formula is C41H39IrN8P2-5. The van der Waals surface area contributed by atoms with Gasteiger partial charge in [-0.15, -0.1) is 24.8 Å². The van der Waals surface area contributed by atoms with Gasteiger partial charge in [0.1, 0.15) is 6.54 Å². The smallest absolute Gasteiger partial charge is 0.116 e. The van der Waals surface area contributed by atoms with Crippen LogP contribution >= 0.6 is 16.0 Å². The van der Waals surface area contributed by atoms with Gasteiger partial charge in [0, 0.05) is 31.5 Å². The average Bonchev–Trinajstić information content (AvgIpc) is 4.01. The van der Waals surface area contributed by atoms with E-state index in [4.69, 9.17) is 4.51 Å². The third kappa shape index (κ3) is 10.3. The van der Waals surface area contributed by atoms with Gasteiger partial charge >= 0.3 is 0 Å². The first-order valence-electron chi connectivity index (χ1n) is 17.0. The summed E-state index contributed by atoms with van der Waals surface area (Å²) < 4.78 is 8.47. The molecule has 8 nitrogen and oxygen atoms in total. The van der Waals surface area contributed by atoms with E-state index < -0.39 is 7.69 Å². The minimum absolute atomic E-state index is 0. The van der Waals surface area contributed by atoms with Crippen molar-refractivity contribution in [1.29, 1.82) is 0 Å². The zero-order valence-corrected chi connectivity index (χ0v) is 33.1. The summed E-state index contributed by atoms with van der Waals surface area (Å²) in [5, 5.41) is 5.62. The van der Waals surface area contributed by atoms with E-state index in [1.807, 2.05) is 77.1 Å². The molecule has 6 aromatic rings. The predicted octanol–water partition coefficient (Wildman–Crippen LogP) is 8.22. The van der Waals surface area contributed by atoms with E-state index in [2.05, 4.69) is 136 Å². The fourth-order valence-corrected chi connectivity index (χ4v) is 8.69. The first kappa shape index (κ1) is 37.3. The molecule has 1 atom stereocenters. The summed E-state index contributed by atoms with van der Waals surface area (Å²) in [5.41, 5.74) is 5.64. The molecular weight excluding hydrogens is 859 g/mol. The summed E-state index contributed by atoms with van der Waals surface area (Å²) in [6.07, 6.45) is 15.0. The molecule has 0 aliphatic carbocycles. The number of unbranched alkanes of at least 4 members (excludes halogenated alkanes) is 1. The second-order valence-electron chi connectivity index (χ2n) is 12.1. The van der Waals surface area contributed by atoms with Crippen LogP contribution in [0.25, 0.3) is 11.0 Å². The van der Waals surface area contributed by atoms with Gasteiger partial charge in [-0.05, 0) is 61.9 Å². The normalized spacial score (nSPS) is 13.8. The van der Waals surface area contributed by atoms with Gasteiger partial charge < -0.3 is 19.6 Å². The third-order valence-corrected chi connectivity index (χ3v) is 11.3. The van der Waals surface area contributed by atoms with Gasteiger partial charge in [0.25, 0.3) is 0 Å². The van der Waals surface area contributed by atoms with E-state index in [1.54, 1.807) is 0 Å². The second kappa shape index (κ2) is 18.8. The van der Waals surface area contributed by atoms with E-state index in [1.165, 1.54) is 11.1 Å². The molecule has 0 saturated heterocycles. The molecule has 0 fully saturated rings. The quantitative estimate of drug-likeness (QED) is 0.0702. The molecule has 1 radical (unpaired) electrons. The number of aromatic nitrogens is 4. The minimum atomic E-state index is -0.580. The monoisotopic (exact) mass is 898 g/mol. The standard InChI is InChI=1S/C22H22N4.C19H17N4P2.Ir/c1-3-9-21(10-4-1)25-17-15-23(19-25)13-7-8-14-24-16-18-26(20-24)22-11-5-2-6-12-22;1-22-18(13-23(20-22)12-16-8-4-2-5-9-16)19-15-25(21-24-19)14-17-10-6-3-7-11-17;/h1-6,9,11,15-20H,7-8,13-14H2;2-11H,12,14H2,1H3;/q-4;-1;. The van der Waals surface area contributed by atoms with Crippen LogP contribution in [0.2, 0.25) is 0 Å². The number of rotatable bonds is 12. The minimum Gasteiger partial charge on any atom is -0.508 e. The van der Waals surface area contributed by atoms with Crippen LogP contribution < -0.4 is 14.5 Å². The van der Waals surface area contributed by atoms with E-state index >= 15 is 0 Å². The molecule has 4 heterocycles. The van der Waals surface area contributed by atoms with E-state index in [0.717, 1.165) is 69.4 Å². The maximum Gasteiger partial charge on any atom is 0.116 e. The molecule has 0 amide bonds. The van der Waals surface area contributed by atoms with Crippen LogP contribution in [0.3, 0.4) is 0 Å². The number of anilines is 2. The van der Waals surface area contributed by atoms with Crippen LogP contribution in [0.1, 0.15) is 24.0 Å². The van der Waals surface area contributed by atoms with Gasteiger partial charge in [0.05, 0.1) is 7.05 Å². The molecule has 52 heavy (non-hydrogen) atoms. The Hall–Kier alpha value is -4.51. The fraction of sp³-hybridized carbons (Fsp3) is 0.171. The Morgan fingerprint density at radius 2 is 1.27 bits per heavy atom. The molecule has 267 valence electrons. The van der Waals surface area contributed by atoms with Crippen molar-refractivity contribution in [1.82, 2.24) is 24.2 Å². The molecule has 2 aromatic heterocycles. The van der Waals surface area contributed by atoms with Crippen molar-refractivity contribution in [2.24, 2.45) is 7.05 Å². The number of hydrogen-bond acceptors (Lipinski definition) is 6. The third-order valence-electron chi connectivity index (χ3n) is 8.27. The Kier molecular flexibility index (Phi) is 13.5. The molecule has 0 N–H and O–H groups in total. The Morgan fingerprint density at radius 1 is 0.712 bits per heavy atom. The predicted molar refractivity (Wildman–Crippen MR) is 206 cm³/mol.